The van der Waals surface area contributed by atoms with Crippen molar-refractivity contribution in [2.75, 3.05) is 30.5 Å². The van der Waals surface area contributed by atoms with Crippen LogP contribution in [0.4, 0.5) is 5.69 Å². The molecule has 0 aromatic heterocycles. The minimum absolute atomic E-state index is 0.106. The lowest BCUT2D eigenvalue weighted by Gasteiger charge is -2.26. The summed E-state index contributed by atoms with van der Waals surface area (Å²) < 4.78 is 0. The van der Waals surface area contributed by atoms with Gasteiger partial charge in [0.15, 0.2) is 0 Å². The van der Waals surface area contributed by atoms with Crippen molar-refractivity contribution in [3.8, 4) is 0 Å². The van der Waals surface area contributed by atoms with Gasteiger partial charge in [0, 0.05) is 13.6 Å². The summed E-state index contributed by atoms with van der Waals surface area (Å²) in [4.78, 5) is 28.2. The third-order valence-electron chi connectivity index (χ3n) is 4.09. The van der Waals surface area contributed by atoms with Crippen molar-refractivity contribution in [2.24, 2.45) is 5.73 Å². The van der Waals surface area contributed by atoms with E-state index in [2.05, 4.69) is 0 Å². The van der Waals surface area contributed by atoms with E-state index in [1.807, 2.05) is 24.5 Å². The quantitative estimate of drug-likeness (QED) is 0.847. The van der Waals surface area contributed by atoms with Crippen LogP contribution in [0.1, 0.15) is 12.8 Å². The number of hydrogen-bond donors (Lipinski definition) is 1. The van der Waals surface area contributed by atoms with E-state index < -0.39 is 12.1 Å². The van der Waals surface area contributed by atoms with E-state index in [0.29, 0.717) is 30.1 Å². The maximum absolute atomic E-state index is 12.7. The van der Waals surface area contributed by atoms with E-state index >= 15 is 0 Å². The van der Waals surface area contributed by atoms with Crippen molar-refractivity contribution in [1.29, 1.82) is 0 Å². The second-order valence-corrected chi connectivity index (χ2v) is 6.98. The van der Waals surface area contributed by atoms with Gasteiger partial charge in [0.2, 0.25) is 11.8 Å². The van der Waals surface area contributed by atoms with Crippen LogP contribution in [0.2, 0.25) is 5.02 Å². The van der Waals surface area contributed by atoms with Gasteiger partial charge in [-0.25, -0.2) is 0 Å². The molecule has 1 unspecified atom stereocenters. The summed E-state index contributed by atoms with van der Waals surface area (Å²) >= 11 is 7.82. The number of nitrogens with zero attached hydrogens (tertiary/aromatic N) is 2. The summed E-state index contributed by atoms with van der Waals surface area (Å²) in [6.45, 7) is 0.547. The van der Waals surface area contributed by atoms with Crippen LogP contribution >= 0.6 is 23.4 Å². The van der Waals surface area contributed by atoms with Crippen LogP contribution in [-0.2, 0) is 9.59 Å². The van der Waals surface area contributed by atoms with E-state index in [4.69, 9.17) is 17.3 Å². The molecule has 7 heteroatoms. The molecule has 1 aromatic rings. The van der Waals surface area contributed by atoms with Crippen LogP contribution in [0.3, 0.4) is 0 Å². The SMILES string of the molecule is CSCC[C@H](N)C(=O)N(C)C1CCN(c2ccccc2Cl)C1=O. The highest BCUT2D eigenvalue weighted by atomic mass is 35.5. The molecule has 2 amide bonds. The molecule has 1 fully saturated rings. The van der Waals surface area contributed by atoms with Crippen molar-refractivity contribution >= 4 is 40.9 Å². The summed E-state index contributed by atoms with van der Waals surface area (Å²) in [5.41, 5.74) is 6.63. The van der Waals surface area contributed by atoms with Crippen LogP contribution in [-0.4, -0.2) is 54.4 Å². The van der Waals surface area contributed by atoms with Gasteiger partial charge in [-0.3, -0.25) is 9.59 Å². The molecule has 0 aliphatic carbocycles. The molecule has 0 saturated carbocycles. The highest BCUT2D eigenvalue weighted by Crippen LogP contribution is 2.30. The molecule has 0 spiro atoms. The smallest absolute Gasteiger partial charge is 0.249 e. The van der Waals surface area contributed by atoms with Crippen LogP contribution in [0, 0.1) is 0 Å². The van der Waals surface area contributed by atoms with Crippen LogP contribution in [0.25, 0.3) is 0 Å². The number of likely N-dealkylation sites (N-methyl/N-ethyl adjacent to an activating group) is 1. The van der Waals surface area contributed by atoms with Crippen molar-refractivity contribution in [2.45, 2.75) is 24.9 Å². The zero-order chi connectivity index (χ0) is 17.0. The van der Waals surface area contributed by atoms with Gasteiger partial charge in [0.1, 0.15) is 6.04 Å². The molecular formula is C16H22ClN3O2S. The number of hydrogen-bond acceptors (Lipinski definition) is 4. The van der Waals surface area contributed by atoms with Crippen molar-refractivity contribution in [3.05, 3.63) is 29.3 Å². The van der Waals surface area contributed by atoms with E-state index in [1.165, 1.54) is 4.90 Å². The Kier molecular flexibility index (Phi) is 6.33. The van der Waals surface area contributed by atoms with Gasteiger partial charge in [-0.1, -0.05) is 23.7 Å². The van der Waals surface area contributed by atoms with E-state index in [1.54, 1.807) is 29.8 Å². The van der Waals surface area contributed by atoms with Gasteiger partial charge in [0.25, 0.3) is 0 Å². The summed E-state index contributed by atoms with van der Waals surface area (Å²) in [5, 5.41) is 0.534. The Morgan fingerprint density at radius 3 is 2.87 bits per heavy atom. The van der Waals surface area contributed by atoms with Gasteiger partial charge in [-0.15, -0.1) is 0 Å². The summed E-state index contributed by atoms with van der Waals surface area (Å²) in [7, 11) is 1.65. The van der Waals surface area contributed by atoms with Gasteiger partial charge in [0.05, 0.1) is 16.8 Å². The average Bonchev–Trinajstić information content (AvgIpc) is 2.93. The molecule has 23 heavy (non-hydrogen) atoms. The fourth-order valence-electron chi connectivity index (χ4n) is 2.72. The Morgan fingerprint density at radius 2 is 2.22 bits per heavy atom. The third-order valence-corrected chi connectivity index (χ3v) is 5.05. The second kappa shape index (κ2) is 8.04. The first-order valence-electron chi connectivity index (χ1n) is 7.54. The molecule has 0 radical (unpaired) electrons. The van der Waals surface area contributed by atoms with Crippen LogP contribution in [0.15, 0.2) is 24.3 Å². The maximum atomic E-state index is 12.7. The first-order chi connectivity index (χ1) is 11.0. The molecule has 1 saturated heterocycles. The predicted molar refractivity (Wildman–Crippen MR) is 96.0 cm³/mol. The molecule has 0 bridgehead atoms. The number of benzene rings is 1. The molecule has 126 valence electrons. The fourth-order valence-corrected chi connectivity index (χ4v) is 3.44. The van der Waals surface area contributed by atoms with Gasteiger partial charge in [-0.2, -0.15) is 11.8 Å². The highest BCUT2D eigenvalue weighted by molar-refractivity contribution is 7.98. The number of amides is 2. The number of rotatable bonds is 6. The molecule has 1 aliphatic heterocycles. The summed E-state index contributed by atoms with van der Waals surface area (Å²) in [5.74, 6) is 0.537. The monoisotopic (exact) mass is 355 g/mol. The Bertz CT molecular complexity index is 584. The van der Waals surface area contributed by atoms with Gasteiger partial charge < -0.3 is 15.5 Å². The van der Waals surface area contributed by atoms with Crippen LogP contribution in [0.5, 0.6) is 0 Å². The van der Waals surface area contributed by atoms with Crippen molar-refractivity contribution in [3.63, 3.8) is 0 Å². The molecule has 2 atom stereocenters. The number of anilines is 1. The third kappa shape index (κ3) is 4.00. The van der Waals surface area contributed by atoms with Crippen molar-refractivity contribution in [1.82, 2.24) is 4.90 Å². The Hall–Kier alpha value is -1.24. The highest BCUT2D eigenvalue weighted by Gasteiger charge is 2.38. The van der Waals surface area contributed by atoms with E-state index in [-0.39, 0.29) is 11.8 Å². The number of nitrogens with two attached hydrogens (primary N) is 1. The summed E-state index contributed by atoms with van der Waals surface area (Å²) in [6.07, 6.45) is 3.17. The molecule has 1 aliphatic rings. The molecule has 1 aromatic carbocycles. The minimum atomic E-state index is -0.561. The van der Waals surface area contributed by atoms with Gasteiger partial charge in [-0.05, 0) is 37.0 Å². The predicted octanol–water partition coefficient (Wildman–Crippen LogP) is 1.98. The largest absolute Gasteiger partial charge is 0.332 e. The Balaban J connectivity index is 2.06. The van der Waals surface area contributed by atoms with E-state index in [0.717, 1.165) is 5.75 Å². The zero-order valence-electron chi connectivity index (χ0n) is 13.4. The van der Waals surface area contributed by atoms with Crippen LogP contribution < -0.4 is 10.6 Å². The standard InChI is InChI=1S/C16H22ClN3O2S/c1-19(15(21)12(18)8-10-23-2)14-7-9-20(16(14)22)13-6-4-3-5-11(13)17/h3-6,12,14H,7-10,18H2,1-2H3/t12-,14?/m0/s1. The summed E-state index contributed by atoms with van der Waals surface area (Å²) in [6, 6.07) is 6.20. The molecule has 1 heterocycles. The lowest BCUT2D eigenvalue weighted by atomic mass is 10.1. The number of para-hydroxylation sites is 1. The maximum Gasteiger partial charge on any atom is 0.249 e. The zero-order valence-corrected chi connectivity index (χ0v) is 14.9. The average molecular weight is 356 g/mol. The fraction of sp³-hybridized carbons (Fsp3) is 0.500. The topological polar surface area (TPSA) is 66.6 Å². The van der Waals surface area contributed by atoms with Crippen molar-refractivity contribution < 1.29 is 9.59 Å². The molecule has 2 rings (SSSR count). The first kappa shape index (κ1) is 18.1. The van der Waals surface area contributed by atoms with Gasteiger partial charge >= 0.3 is 0 Å². The second-order valence-electron chi connectivity index (χ2n) is 5.58. The normalized spacial score (nSPS) is 19.0. The number of carbonyl (C=O) groups excluding carboxylic acids is 2. The molecule has 2 N–H and O–H groups in total. The first-order valence-corrected chi connectivity index (χ1v) is 9.31. The Morgan fingerprint density at radius 1 is 1.52 bits per heavy atom. The lowest BCUT2D eigenvalue weighted by Crippen LogP contribution is -2.49. The lowest BCUT2D eigenvalue weighted by molar-refractivity contribution is -0.137. The minimum Gasteiger partial charge on any atom is -0.332 e. The molecule has 5 nitrogen and oxygen atoms in total. The number of carbonyl (C=O) groups is 2. The Labute approximate surface area is 146 Å². The number of halogens is 1. The molecular weight excluding hydrogens is 334 g/mol. The van der Waals surface area contributed by atoms with E-state index in [9.17, 15) is 9.59 Å². The number of thioether (sulfide) groups is 1.